The molecule has 0 saturated heterocycles. The van der Waals surface area contributed by atoms with Crippen LogP contribution in [0.3, 0.4) is 0 Å². The highest BCUT2D eigenvalue weighted by Crippen LogP contribution is 2.21. The number of aliphatic hydroxyl groups excluding tert-OH is 1. The highest BCUT2D eigenvalue weighted by atomic mass is 16.3. The van der Waals surface area contributed by atoms with Crippen LogP contribution < -0.4 is 5.32 Å². The van der Waals surface area contributed by atoms with Crippen molar-refractivity contribution in [2.24, 2.45) is 5.41 Å². The highest BCUT2D eigenvalue weighted by Gasteiger charge is 2.20. The zero-order valence-corrected chi connectivity index (χ0v) is 11.2. The fourth-order valence-electron chi connectivity index (χ4n) is 1.56. The van der Waals surface area contributed by atoms with Gasteiger partial charge in [-0.2, -0.15) is 5.10 Å². The van der Waals surface area contributed by atoms with Gasteiger partial charge in [-0.3, -0.25) is 0 Å². The Bertz CT molecular complexity index is 490. The molecule has 0 aromatic carbocycles. The Morgan fingerprint density at radius 3 is 2.79 bits per heavy atom. The minimum absolute atomic E-state index is 0.107. The number of nitrogens with zero attached hydrogens (tertiary/aromatic N) is 4. The molecule has 19 heavy (non-hydrogen) atoms. The Labute approximate surface area is 112 Å². The number of nitrogens with one attached hydrogen (secondary N) is 1. The standard InChI is InChI=1S/C13H19N5O/c1-3-13(2,8-19)7-16-11-4-5-12(15-6-11)18-10-14-9-17-18/h4-6,9-10,16,19H,3,7-8H2,1-2H3. The molecule has 2 aromatic heterocycles. The van der Waals surface area contributed by atoms with E-state index in [2.05, 4.69) is 34.2 Å². The molecule has 102 valence electrons. The number of pyridine rings is 1. The van der Waals surface area contributed by atoms with Gasteiger partial charge in [0.15, 0.2) is 5.82 Å². The second-order valence-electron chi connectivity index (χ2n) is 4.92. The summed E-state index contributed by atoms with van der Waals surface area (Å²) in [6, 6.07) is 3.82. The van der Waals surface area contributed by atoms with E-state index in [0.717, 1.165) is 17.9 Å². The predicted molar refractivity (Wildman–Crippen MR) is 73.1 cm³/mol. The third kappa shape index (κ3) is 3.29. The van der Waals surface area contributed by atoms with Gasteiger partial charge in [-0.1, -0.05) is 13.8 Å². The van der Waals surface area contributed by atoms with Gasteiger partial charge in [-0.05, 0) is 18.6 Å². The maximum Gasteiger partial charge on any atom is 0.155 e. The number of aromatic nitrogens is 4. The molecule has 0 fully saturated rings. The van der Waals surface area contributed by atoms with Gasteiger partial charge in [-0.25, -0.2) is 14.6 Å². The van der Waals surface area contributed by atoms with E-state index in [9.17, 15) is 5.11 Å². The lowest BCUT2D eigenvalue weighted by Gasteiger charge is -2.26. The first kappa shape index (κ1) is 13.5. The highest BCUT2D eigenvalue weighted by molar-refractivity contribution is 5.43. The van der Waals surface area contributed by atoms with Crippen molar-refractivity contribution in [2.75, 3.05) is 18.5 Å². The predicted octanol–water partition coefficient (Wildman–Crippen LogP) is 1.48. The Hall–Kier alpha value is -1.95. The number of hydrogen-bond donors (Lipinski definition) is 2. The Morgan fingerprint density at radius 1 is 1.42 bits per heavy atom. The summed E-state index contributed by atoms with van der Waals surface area (Å²) in [5.41, 5.74) is 0.821. The monoisotopic (exact) mass is 261 g/mol. The van der Waals surface area contributed by atoms with Crippen LogP contribution in [0.25, 0.3) is 5.82 Å². The van der Waals surface area contributed by atoms with Crippen LogP contribution in [0.4, 0.5) is 5.69 Å². The molecule has 0 aliphatic carbocycles. The summed E-state index contributed by atoms with van der Waals surface area (Å²) in [5.74, 6) is 0.725. The van der Waals surface area contributed by atoms with Crippen molar-refractivity contribution in [3.63, 3.8) is 0 Å². The van der Waals surface area contributed by atoms with E-state index in [-0.39, 0.29) is 12.0 Å². The van der Waals surface area contributed by atoms with Crippen molar-refractivity contribution in [2.45, 2.75) is 20.3 Å². The summed E-state index contributed by atoms with van der Waals surface area (Å²) in [5, 5.41) is 16.7. The Morgan fingerprint density at radius 2 is 2.26 bits per heavy atom. The second kappa shape index (κ2) is 5.79. The molecule has 0 amide bonds. The van der Waals surface area contributed by atoms with Crippen molar-refractivity contribution in [1.82, 2.24) is 19.7 Å². The summed E-state index contributed by atoms with van der Waals surface area (Å²) < 4.78 is 1.60. The topological polar surface area (TPSA) is 75.9 Å². The number of anilines is 1. The van der Waals surface area contributed by atoms with E-state index in [1.807, 2.05) is 12.1 Å². The zero-order valence-electron chi connectivity index (χ0n) is 11.2. The molecule has 0 saturated carbocycles. The van der Waals surface area contributed by atoms with E-state index in [1.165, 1.54) is 6.33 Å². The van der Waals surface area contributed by atoms with E-state index in [1.54, 1.807) is 17.2 Å². The summed E-state index contributed by atoms with van der Waals surface area (Å²) in [4.78, 5) is 8.19. The van der Waals surface area contributed by atoms with Gasteiger partial charge < -0.3 is 10.4 Å². The minimum Gasteiger partial charge on any atom is -0.396 e. The van der Waals surface area contributed by atoms with Gasteiger partial charge >= 0.3 is 0 Å². The molecule has 1 unspecified atom stereocenters. The number of aliphatic hydroxyl groups is 1. The molecule has 2 rings (SSSR count). The Kier molecular flexibility index (Phi) is 4.11. The minimum atomic E-state index is -0.107. The van der Waals surface area contributed by atoms with Crippen molar-refractivity contribution in [3.05, 3.63) is 31.0 Å². The van der Waals surface area contributed by atoms with Gasteiger partial charge in [-0.15, -0.1) is 0 Å². The lowest BCUT2D eigenvalue weighted by atomic mass is 9.88. The molecule has 2 N–H and O–H groups in total. The van der Waals surface area contributed by atoms with Crippen LogP contribution in [-0.4, -0.2) is 38.0 Å². The van der Waals surface area contributed by atoms with Crippen molar-refractivity contribution >= 4 is 5.69 Å². The normalized spacial score (nSPS) is 14.1. The molecular formula is C13H19N5O. The third-order valence-electron chi connectivity index (χ3n) is 3.36. The molecule has 2 heterocycles. The zero-order chi connectivity index (χ0) is 13.7. The summed E-state index contributed by atoms with van der Waals surface area (Å²) >= 11 is 0. The largest absolute Gasteiger partial charge is 0.396 e. The van der Waals surface area contributed by atoms with Gasteiger partial charge in [0, 0.05) is 12.0 Å². The van der Waals surface area contributed by atoms with Gasteiger partial charge in [0.05, 0.1) is 18.5 Å². The fraction of sp³-hybridized carbons (Fsp3) is 0.462. The van der Waals surface area contributed by atoms with Crippen molar-refractivity contribution in [3.8, 4) is 5.82 Å². The summed E-state index contributed by atoms with van der Waals surface area (Å²) in [6.45, 7) is 5.01. The molecule has 0 bridgehead atoms. The maximum absolute atomic E-state index is 9.36. The van der Waals surface area contributed by atoms with Crippen molar-refractivity contribution in [1.29, 1.82) is 0 Å². The first-order chi connectivity index (χ1) is 9.17. The van der Waals surface area contributed by atoms with Crippen LogP contribution in [0.1, 0.15) is 20.3 Å². The lowest BCUT2D eigenvalue weighted by Crippen LogP contribution is -2.29. The van der Waals surface area contributed by atoms with Crippen LogP contribution in [-0.2, 0) is 0 Å². The molecular weight excluding hydrogens is 242 g/mol. The van der Waals surface area contributed by atoms with Crippen LogP contribution in [0.2, 0.25) is 0 Å². The second-order valence-corrected chi connectivity index (χ2v) is 4.92. The van der Waals surface area contributed by atoms with Gasteiger partial charge in [0.25, 0.3) is 0 Å². The fourth-order valence-corrected chi connectivity index (χ4v) is 1.56. The van der Waals surface area contributed by atoms with Crippen LogP contribution in [0.15, 0.2) is 31.0 Å². The molecule has 0 radical (unpaired) electrons. The summed E-state index contributed by atoms with van der Waals surface area (Å²) in [6.07, 6.45) is 5.75. The van der Waals surface area contributed by atoms with Crippen LogP contribution in [0, 0.1) is 5.41 Å². The van der Waals surface area contributed by atoms with Crippen LogP contribution >= 0.6 is 0 Å². The third-order valence-corrected chi connectivity index (χ3v) is 3.36. The average molecular weight is 261 g/mol. The number of hydrogen-bond acceptors (Lipinski definition) is 5. The first-order valence-electron chi connectivity index (χ1n) is 6.33. The van der Waals surface area contributed by atoms with E-state index >= 15 is 0 Å². The molecule has 2 aromatic rings. The number of rotatable bonds is 6. The van der Waals surface area contributed by atoms with Gasteiger partial charge in [0.2, 0.25) is 0 Å². The SMILES string of the molecule is CCC(C)(CO)CNc1ccc(-n2cncn2)nc1. The van der Waals surface area contributed by atoms with Crippen LogP contribution in [0.5, 0.6) is 0 Å². The molecule has 6 nitrogen and oxygen atoms in total. The average Bonchev–Trinajstić information content (AvgIpc) is 2.99. The van der Waals surface area contributed by atoms with E-state index in [0.29, 0.717) is 6.54 Å². The van der Waals surface area contributed by atoms with Gasteiger partial charge in [0.1, 0.15) is 12.7 Å². The molecule has 0 aliphatic heterocycles. The van der Waals surface area contributed by atoms with E-state index in [4.69, 9.17) is 0 Å². The quantitative estimate of drug-likeness (QED) is 0.823. The smallest absolute Gasteiger partial charge is 0.155 e. The molecule has 0 aliphatic rings. The van der Waals surface area contributed by atoms with Crippen molar-refractivity contribution < 1.29 is 5.11 Å². The summed E-state index contributed by atoms with van der Waals surface area (Å²) in [7, 11) is 0. The first-order valence-corrected chi connectivity index (χ1v) is 6.33. The lowest BCUT2D eigenvalue weighted by molar-refractivity contribution is 0.149. The molecule has 1 atom stereocenters. The molecule has 6 heteroatoms. The van der Waals surface area contributed by atoms with E-state index < -0.39 is 0 Å². The Balaban J connectivity index is 2.00. The molecule has 0 spiro atoms. The maximum atomic E-state index is 9.36.